The van der Waals surface area contributed by atoms with Crippen LogP contribution in [0.25, 0.3) is 0 Å². The van der Waals surface area contributed by atoms with Crippen molar-refractivity contribution in [2.75, 3.05) is 0 Å². The second-order valence-electron chi connectivity index (χ2n) is 3.67. The maximum absolute atomic E-state index is 5.78. The van der Waals surface area contributed by atoms with Crippen LogP contribution in [0.3, 0.4) is 0 Å². The van der Waals surface area contributed by atoms with E-state index >= 15 is 0 Å². The first-order chi connectivity index (χ1) is 6.84. The summed E-state index contributed by atoms with van der Waals surface area (Å²) in [6.45, 7) is 0.498. The van der Waals surface area contributed by atoms with Gasteiger partial charge in [0.1, 0.15) is 6.61 Å². The molecule has 0 spiro atoms. The molecule has 1 aromatic rings. The molecule has 0 bridgehead atoms. The Morgan fingerprint density at radius 3 is 2.79 bits per heavy atom. The summed E-state index contributed by atoms with van der Waals surface area (Å²) >= 11 is 0. The van der Waals surface area contributed by atoms with Gasteiger partial charge in [-0.2, -0.15) is 0 Å². The molecule has 0 aromatic carbocycles. The van der Waals surface area contributed by atoms with Crippen LogP contribution in [0.15, 0.2) is 18.5 Å². The van der Waals surface area contributed by atoms with Gasteiger partial charge in [0.2, 0.25) is 0 Å². The average Bonchev–Trinajstić information content (AvgIpc) is 2.63. The smallest absolute Gasteiger partial charge is 0.153 e. The van der Waals surface area contributed by atoms with Crippen molar-refractivity contribution in [3.8, 4) is 0 Å². The number of ether oxygens (including phenoxy) is 1. The molecule has 2 N–H and O–H groups in total. The van der Waals surface area contributed by atoms with E-state index < -0.39 is 0 Å². The maximum atomic E-state index is 5.78. The summed E-state index contributed by atoms with van der Waals surface area (Å²) in [4.78, 5) is 8.18. The van der Waals surface area contributed by atoms with Crippen molar-refractivity contribution in [1.29, 1.82) is 0 Å². The van der Waals surface area contributed by atoms with E-state index in [-0.39, 0.29) is 0 Å². The van der Waals surface area contributed by atoms with Gasteiger partial charge in [-0.3, -0.25) is 0 Å². The standard InChI is InChI=1S/C10H15N3O/c11-8-2-3-9(6-8)14-7-10-12-4-1-5-13-10/h1,4-5,8-9H,2-3,6-7,11H2. The highest BCUT2D eigenvalue weighted by atomic mass is 16.5. The fourth-order valence-electron chi connectivity index (χ4n) is 1.72. The molecule has 1 aliphatic carbocycles. The summed E-state index contributed by atoms with van der Waals surface area (Å²) in [5, 5.41) is 0. The molecule has 0 radical (unpaired) electrons. The van der Waals surface area contributed by atoms with Gasteiger partial charge in [0, 0.05) is 18.4 Å². The molecular weight excluding hydrogens is 178 g/mol. The zero-order chi connectivity index (χ0) is 9.80. The van der Waals surface area contributed by atoms with E-state index in [2.05, 4.69) is 9.97 Å². The summed E-state index contributed by atoms with van der Waals surface area (Å²) < 4.78 is 5.65. The van der Waals surface area contributed by atoms with E-state index in [0.717, 1.165) is 25.1 Å². The Labute approximate surface area is 83.5 Å². The molecule has 76 valence electrons. The lowest BCUT2D eigenvalue weighted by Crippen LogP contribution is -2.17. The Hall–Kier alpha value is -1.00. The lowest BCUT2D eigenvalue weighted by Gasteiger charge is -2.09. The van der Waals surface area contributed by atoms with Crippen molar-refractivity contribution in [3.05, 3.63) is 24.3 Å². The van der Waals surface area contributed by atoms with Crippen molar-refractivity contribution < 1.29 is 4.74 Å². The van der Waals surface area contributed by atoms with Crippen LogP contribution in [-0.2, 0) is 11.3 Å². The van der Waals surface area contributed by atoms with Gasteiger partial charge in [0.15, 0.2) is 5.82 Å². The molecule has 1 heterocycles. The highest BCUT2D eigenvalue weighted by Gasteiger charge is 2.22. The van der Waals surface area contributed by atoms with Crippen LogP contribution in [0.4, 0.5) is 0 Å². The van der Waals surface area contributed by atoms with Crippen LogP contribution < -0.4 is 5.73 Å². The second kappa shape index (κ2) is 4.48. The Morgan fingerprint density at radius 2 is 2.14 bits per heavy atom. The zero-order valence-electron chi connectivity index (χ0n) is 8.10. The Kier molecular flexibility index (Phi) is 3.06. The molecule has 14 heavy (non-hydrogen) atoms. The number of nitrogens with zero attached hydrogens (tertiary/aromatic N) is 2. The predicted molar refractivity (Wildman–Crippen MR) is 52.4 cm³/mol. The number of rotatable bonds is 3. The molecule has 1 aromatic heterocycles. The third kappa shape index (κ3) is 2.49. The molecule has 0 saturated heterocycles. The van der Waals surface area contributed by atoms with Crippen molar-refractivity contribution in [3.63, 3.8) is 0 Å². The van der Waals surface area contributed by atoms with Crippen molar-refractivity contribution in [2.45, 2.75) is 38.0 Å². The number of hydrogen-bond donors (Lipinski definition) is 1. The maximum Gasteiger partial charge on any atom is 0.153 e. The molecule has 1 fully saturated rings. The molecule has 4 nitrogen and oxygen atoms in total. The van der Waals surface area contributed by atoms with Crippen LogP contribution in [0.2, 0.25) is 0 Å². The third-order valence-electron chi connectivity index (χ3n) is 2.49. The van der Waals surface area contributed by atoms with E-state index in [4.69, 9.17) is 10.5 Å². The molecule has 2 unspecified atom stereocenters. The monoisotopic (exact) mass is 193 g/mol. The fraction of sp³-hybridized carbons (Fsp3) is 0.600. The van der Waals surface area contributed by atoms with Crippen molar-refractivity contribution in [1.82, 2.24) is 9.97 Å². The van der Waals surface area contributed by atoms with Gasteiger partial charge in [-0.15, -0.1) is 0 Å². The topological polar surface area (TPSA) is 61.0 Å². The summed E-state index contributed by atoms with van der Waals surface area (Å²) in [5.74, 6) is 0.743. The average molecular weight is 193 g/mol. The summed E-state index contributed by atoms with van der Waals surface area (Å²) in [6, 6.07) is 2.12. The van der Waals surface area contributed by atoms with E-state index in [0.29, 0.717) is 18.8 Å². The van der Waals surface area contributed by atoms with Crippen LogP contribution in [0.5, 0.6) is 0 Å². The van der Waals surface area contributed by atoms with E-state index in [1.165, 1.54) is 0 Å². The second-order valence-corrected chi connectivity index (χ2v) is 3.67. The van der Waals surface area contributed by atoms with Crippen molar-refractivity contribution in [2.24, 2.45) is 5.73 Å². The molecule has 1 saturated carbocycles. The Balaban J connectivity index is 1.78. The largest absolute Gasteiger partial charge is 0.370 e. The molecule has 0 amide bonds. The first-order valence-electron chi connectivity index (χ1n) is 4.97. The predicted octanol–water partition coefficient (Wildman–Crippen LogP) is 0.873. The number of nitrogens with two attached hydrogens (primary N) is 1. The van der Waals surface area contributed by atoms with E-state index in [1.807, 2.05) is 0 Å². The fourth-order valence-corrected chi connectivity index (χ4v) is 1.72. The molecule has 4 heteroatoms. The third-order valence-corrected chi connectivity index (χ3v) is 2.49. The zero-order valence-corrected chi connectivity index (χ0v) is 8.10. The highest BCUT2D eigenvalue weighted by Crippen LogP contribution is 2.20. The van der Waals surface area contributed by atoms with Crippen LogP contribution in [0, 0.1) is 0 Å². The van der Waals surface area contributed by atoms with E-state index in [9.17, 15) is 0 Å². The molecular formula is C10H15N3O. The summed E-state index contributed by atoms with van der Waals surface area (Å²) in [6.07, 6.45) is 6.85. The Bertz CT molecular complexity index is 278. The summed E-state index contributed by atoms with van der Waals surface area (Å²) in [5.41, 5.74) is 5.78. The van der Waals surface area contributed by atoms with Gasteiger partial charge in [-0.1, -0.05) is 0 Å². The van der Waals surface area contributed by atoms with Crippen LogP contribution >= 0.6 is 0 Å². The normalized spacial score (nSPS) is 26.6. The van der Waals surface area contributed by atoms with Gasteiger partial charge in [-0.25, -0.2) is 9.97 Å². The first kappa shape index (κ1) is 9.55. The molecule has 1 aliphatic rings. The van der Waals surface area contributed by atoms with Gasteiger partial charge >= 0.3 is 0 Å². The number of hydrogen-bond acceptors (Lipinski definition) is 4. The molecule has 2 rings (SSSR count). The lowest BCUT2D eigenvalue weighted by molar-refractivity contribution is 0.0408. The Morgan fingerprint density at radius 1 is 1.36 bits per heavy atom. The first-order valence-corrected chi connectivity index (χ1v) is 4.97. The molecule has 0 aliphatic heterocycles. The summed E-state index contributed by atoms with van der Waals surface area (Å²) in [7, 11) is 0. The van der Waals surface area contributed by atoms with Gasteiger partial charge < -0.3 is 10.5 Å². The van der Waals surface area contributed by atoms with Crippen LogP contribution in [-0.4, -0.2) is 22.1 Å². The minimum absolute atomic E-state index is 0.300. The van der Waals surface area contributed by atoms with Gasteiger partial charge in [-0.05, 0) is 25.3 Å². The van der Waals surface area contributed by atoms with Gasteiger partial charge in [0.25, 0.3) is 0 Å². The minimum Gasteiger partial charge on any atom is -0.370 e. The number of aromatic nitrogens is 2. The minimum atomic E-state index is 0.300. The highest BCUT2D eigenvalue weighted by molar-refractivity contribution is 4.87. The molecule has 2 atom stereocenters. The van der Waals surface area contributed by atoms with Crippen molar-refractivity contribution >= 4 is 0 Å². The van der Waals surface area contributed by atoms with Crippen LogP contribution in [0.1, 0.15) is 25.1 Å². The quantitative estimate of drug-likeness (QED) is 0.773. The SMILES string of the molecule is NC1CCC(OCc2ncccn2)C1. The van der Waals surface area contributed by atoms with E-state index in [1.54, 1.807) is 18.5 Å². The lowest BCUT2D eigenvalue weighted by atomic mass is 10.3. The van der Waals surface area contributed by atoms with Gasteiger partial charge in [0.05, 0.1) is 6.10 Å².